The molecular formula is C14H24N4O2. The van der Waals surface area contributed by atoms with Crippen molar-refractivity contribution in [2.75, 3.05) is 12.8 Å². The van der Waals surface area contributed by atoms with Crippen molar-refractivity contribution in [3.05, 3.63) is 11.4 Å². The highest BCUT2D eigenvalue weighted by atomic mass is 16.3. The third-order valence-electron chi connectivity index (χ3n) is 4.21. The van der Waals surface area contributed by atoms with Crippen LogP contribution < -0.4 is 5.73 Å². The molecule has 6 nitrogen and oxygen atoms in total. The molecule has 0 radical (unpaired) electrons. The number of likely N-dealkylation sites (N-methyl/N-ethyl adjacent to an activating group) is 1. The number of anilines is 1. The van der Waals surface area contributed by atoms with Crippen LogP contribution in [0.15, 0.2) is 0 Å². The van der Waals surface area contributed by atoms with Crippen LogP contribution >= 0.6 is 0 Å². The van der Waals surface area contributed by atoms with Crippen molar-refractivity contribution in [3.8, 4) is 0 Å². The van der Waals surface area contributed by atoms with E-state index in [1.807, 2.05) is 6.92 Å². The van der Waals surface area contributed by atoms with Gasteiger partial charge in [0.15, 0.2) is 0 Å². The molecule has 2 rings (SSSR count). The second-order valence-corrected chi connectivity index (χ2v) is 5.52. The lowest BCUT2D eigenvalue weighted by molar-refractivity contribution is 0.0262. The van der Waals surface area contributed by atoms with Crippen molar-refractivity contribution in [2.45, 2.75) is 51.2 Å². The summed E-state index contributed by atoms with van der Waals surface area (Å²) in [7, 11) is 3.47. The van der Waals surface area contributed by atoms with Crippen LogP contribution in [0.4, 0.5) is 5.69 Å². The lowest BCUT2D eigenvalue weighted by Gasteiger charge is -2.35. The first-order valence-corrected chi connectivity index (χ1v) is 7.23. The van der Waals surface area contributed by atoms with E-state index >= 15 is 0 Å². The van der Waals surface area contributed by atoms with Gasteiger partial charge in [-0.15, -0.1) is 0 Å². The van der Waals surface area contributed by atoms with Crippen molar-refractivity contribution in [2.24, 2.45) is 7.05 Å². The predicted octanol–water partition coefficient (Wildman–Crippen LogP) is 0.940. The molecule has 6 heteroatoms. The summed E-state index contributed by atoms with van der Waals surface area (Å²) in [6, 6.07) is -0.129. The Hall–Kier alpha value is -1.56. The highest BCUT2D eigenvalue weighted by molar-refractivity contribution is 5.98. The van der Waals surface area contributed by atoms with Gasteiger partial charge in [-0.3, -0.25) is 9.48 Å². The molecule has 0 spiro atoms. The Kier molecular flexibility index (Phi) is 4.32. The zero-order valence-electron chi connectivity index (χ0n) is 12.5. The number of nitrogen functional groups attached to an aromatic ring is 1. The number of hydrogen-bond acceptors (Lipinski definition) is 4. The molecule has 2 unspecified atom stereocenters. The number of aryl methyl sites for hydroxylation is 2. The summed E-state index contributed by atoms with van der Waals surface area (Å²) in [5.74, 6) is -0.164. The lowest BCUT2D eigenvalue weighted by Crippen LogP contribution is -2.46. The largest absolute Gasteiger partial charge is 0.395 e. The Morgan fingerprint density at radius 3 is 2.70 bits per heavy atom. The Morgan fingerprint density at radius 2 is 2.15 bits per heavy atom. The number of nitrogens with zero attached hydrogens (tertiary/aromatic N) is 3. The number of carbonyl (C=O) groups excluding carboxylic acids is 1. The molecule has 1 amide bonds. The summed E-state index contributed by atoms with van der Waals surface area (Å²) in [6.45, 7) is 1.96. The summed E-state index contributed by atoms with van der Waals surface area (Å²) in [4.78, 5) is 14.3. The van der Waals surface area contributed by atoms with Crippen molar-refractivity contribution < 1.29 is 9.90 Å². The van der Waals surface area contributed by atoms with Gasteiger partial charge in [0.2, 0.25) is 0 Å². The van der Waals surface area contributed by atoms with Crippen LogP contribution in [0, 0.1) is 0 Å². The molecule has 1 aliphatic carbocycles. The van der Waals surface area contributed by atoms with Gasteiger partial charge in [0.05, 0.1) is 23.5 Å². The lowest BCUT2D eigenvalue weighted by atomic mass is 9.91. The quantitative estimate of drug-likeness (QED) is 0.863. The number of aromatic nitrogens is 2. The first-order valence-electron chi connectivity index (χ1n) is 7.23. The maximum absolute atomic E-state index is 12.6. The molecule has 1 aromatic rings. The SMILES string of the molecule is CCc1nn(C)c(C(=O)N(C)C2CCCCC2O)c1N. The topological polar surface area (TPSA) is 84.4 Å². The van der Waals surface area contributed by atoms with E-state index < -0.39 is 6.10 Å². The minimum Gasteiger partial charge on any atom is -0.395 e. The molecule has 1 heterocycles. The van der Waals surface area contributed by atoms with E-state index in [9.17, 15) is 9.90 Å². The van der Waals surface area contributed by atoms with Crippen molar-refractivity contribution in [1.29, 1.82) is 0 Å². The second kappa shape index (κ2) is 5.83. The van der Waals surface area contributed by atoms with Gasteiger partial charge >= 0.3 is 0 Å². The Morgan fingerprint density at radius 1 is 1.50 bits per heavy atom. The monoisotopic (exact) mass is 280 g/mol. The van der Waals surface area contributed by atoms with Gasteiger partial charge in [0.25, 0.3) is 5.91 Å². The van der Waals surface area contributed by atoms with Crippen molar-refractivity contribution in [3.63, 3.8) is 0 Å². The molecule has 0 aromatic carbocycles. The average Bonchev–Trinajstić information content (AvgIpc) is 2.72. The zero-order chi connectivity index (χ0) is 14.9. The van der Waals surface area contributed by atoms with E-state index in [0.717, 1.165) is 31.4 Å². The van der Waals surface area contributed by atoms with Gasteiger partial charge in [0, 0.05) is 14.1 Å². The fourth-order valence-corrected chi connectivity index (χ4v) is 2.97. The fraction of sp³-hybridized carbons (Fsp3) is 0.714. The van der Waals surface area contributed by atoms with Gasteiger partial charge in [-0.05, 0) is 19.3 Å². The summed E-state index contributed by atoms with van der Waals surface area (Å²) in [6.07, 6.45) is 3.90. The van der Waals surface area contributed by atoms with Gasteiger partial charge in [0.1, 0.15) is 5.69 Å². The molecule has 1 saturated carbocycles. The smallest absolute Gasteiger partial charge is 0.274 e. The summed E-state index contributed by atoms with van der Waals surface area (Å²) in [5.41, 5.74) is 7.64. The number of aliphatic hydroxyl groups is 1. The summed E-state index contributed by atoms with van der Waals surface area (Å²) >= 11 is 0. The minimum absolute atomic E-state index is 0.129. The van der Waals surface area contributed by atoms with E-state index in [2.05, 4.69) is 5.10 Å². The third kappa shape index (κ3) is 2.52. The molecular weight excluding hydrogens is 256 g/mol. The molecule has 0 aliphatic heterocycles. The highest BCUT2D eigenvalue weighted by Crippen LogP contribution is 2.25. The number of hydrogen-bond donors (Lipinski definition) is 2. The number of aliphatic hydroxyl groups excluding tert-OH is 1. The first kappa shape index (κ1) is 14.8. The van der Waals surface area contributed by atoms with Crippen LogP contribution in [-0.2, 0) is 13.5 Å². The Balaban J connectivity index is 2.24. The van der Waals surface area contributed by atoms with Gasteiger partial charge < -0.3 is 15.7 Å². The van der Waals surface area contributed by atoms with Gasteiger partial charge in [-0.2, -0.15) is 5.10 Å². The Bertz CT molecular complexity index is 498. The maximum Gasteiger partial charge on any atom is 0.274 e. The standard InChI is InChI=1S/C14H24N4O2/c1-4-9-12(15)13(18(3)16-9)14(20)17(2)10-7-5-6-8-11(10)19/h10-11,19H,4-8,15H2,1-3H3. The summed E-state index contributed by atoms with van der Waals surface area (Å²) < 4.78 is 1.54. The second-order valence-electron chi connectivity index (χ2n) is 5.52. The van der Waals surface area contributed by atoms with Crippen LogP contribution in [0.3, 0.4) is 0 Å². The fourth-order valence-electron chi connectivity index (χ4n) is 2.97. The van der Waals surface area contributed by atoms with E-state index in [1.165, 1.54) is 0 Å². The zero-order valence-corrected chi connectivity index (χ0v) is 12.5. The van der Waals surface area contributed by atoms with Gasteiger partial charge in [-0.25, -0.2) is 0 Å². The van der Waals surface area contributed by atoms with Crippen LogP contribution in [0.5, 0.6) is 0 Å². The molecule has 112 valence electrons. The predicted molar refractivity (Wildman–Crippen MR) is 77.4 cm³/mol. The molecule has 0 bridgehead atoms. The van der Waals surface area contributed by atoms with Gasteiger partial charge in [-0.1, -0.05) is 19.8 Å². The van der Waals surface area contributed by atoms with Crippen LogP contribution in [-0.4, -0.2) is 44.9 Å². The van der Waals surface area contributed by atoms with Crippen LogP contribution in [0.1, 0.15) is 48.8 Å². The molecule has 1 aromatic heterocycles. The number of amides is 1. The number of nitrogens with two attached hydrogens (primary N) is 1. The molecule has 0 saturated heterocycles. The van der Waals surface area contributed by atoms with Crippen LogP contribution in [0.2, 0.25) is 0 Å². The van der Waals surface area contributed by atoms with E-state index in [1.54, 1.807) is 23.7 Å². The normalized spacial score (nSPS) is 22.8. The number of rotatable bonds is 3. The minimum atomic E-state index is -0.446. The molecule has 1 aliphatic rings. The molecule has 1 fully saturated rings. The molecule has 2 atom stereocenters. The maximum atomic E-state index is 12.6. The molecule has 3 N–H and O–H groups in total. The van der Waals surface area contributed by atoms with Crippen molar-refractivity contribution >= 4 is 11.6 Å². The average molecular weight is 280 g/mol. The molecule has 20 heavy (non-hydrogen) atoms. The van der Waals surface area contributed by atoms with Crippen molar-refractivity contribution in [1.82, 2.24) is 14.7 Å². The third-order valence-corrected chi connectivity index (χ3v) is 4.21. The van der Waals surface area contributed by atoms with E-state index in [-0.39, 0.29) is 11.9 Å². The van der Waals surface area contributed by atoms with Crippen LogP contribution in [0.25, 0.3) is 0 Å². The first-order chi connectivity index (χ1) is 9.47. The summed E-state index contributed by atoms with van der Waals surface area (Å²) in [5, 5.41) is 14.4. The van der Waals surface area contributed by atoms with E-state index in [0.29, 0.717) is 17.8 Å². The Labute approximate surface area is 119 Å². The highest BCUT2D eigenvalue weighted by Gasteiger charge is 2.32. The number of carbonyl (C=O) groups is 1. The van der Waals surface area contributed by atoms with E-state index in [4.69, 9.17) is 5.73 Å².